The number of halogens is 1. The van der Waals surface area contributed by atoms with E-state index in [9.17, 15) is 4.79 Å². The van der Waals surface area contributed by atoms with Crippen LogP contribution >= 0.6 is 24.0 Å². The van der Waals surface area contributed by atoms with E-state index < -0.39 is 0 Å². The third-order valence-electron chi connectivity index (χ3n) is 3.39. The van der Waals surface area contributed by atoms with E-state index in [2.05, 4.69) is 20.9 Å². The number of ether oxygens (including phenoxy) is 2. The van der Waals surface area contributed by atoms with E-state index in [1.807, 2.05) is 38.1 Å². The van der Waals surface area contributed by atoms with E-state index in [1.165, 1.54) is 0 Å². The second kappa shape index (κ2) is 14.5. The molecule has 1 aromatic carbocycles. The van der Waals surface area contributed by atoms with Gasteiger partial charge in [-0.2, -0.15) is 0 Å². The van der Waals surface area contributed by atoms with Crippen molar-refractivity contribution in [2.24, 2.45) is 4.99 Å². The monoisotopic (exact) mass is 478 g/mol. The molecule has 0 aliphatic heterocycles. The largest absolute Gasteiger partial charge is 0.493 e. The van der Waals surface area contributed by atoms with Gasteiger partial charge < -0.3 is 25.4 Å². The highest BCUT2D eigenvalue weighted by molar-refractivity contribution is 14.0. The van der Waals surface area contributed by atoms with Gasteiger partial charge in [-0.25, -0.2) is 0 Å². The lowest BCUT2D eigenvalue weighted by Gasteiger charge is -2.19. The maximum Gasteiger partial charge on any atom is 0.221 e. The summed E-state index contributed by atoms with van der Waals surface area (Å²) < 4.78 is 11.2. The molecular weight excluding hydrogens is 447 g/mol. The van der Waals surface area contributed by atoms with Crippen molar-refractivity contribution in [1.29, 1.82) is 0 Å². The summed E-state index contributed by atoms with van der Waals surface area (Å²) in [4.78, 5) is 15.7. The molecule has 1 aromatic rings. The van der Waals surface area contributed by atoms with E-state index in [1.54, 1.807) is 14.2 Å². The van der Waals surface area contributed by atoms with Gasteiger partial charge in [0, 0.05) is 26.6 Å². The zero-order chi connectivity index (χ0) is 18.5. The van der Waals surface area contributed by atoms with Crippen molar-refractivity contribution in [3.05, 3.63) is 24.3 Å². The maximum absolute atomic E-state index is 11.6. The molecule has 8 heteroatoms. The van der Waals surface area contributed by atoms with Gasteiger partial charge in [0.25, 0.3) is 0 Å². The molecule has 0 saturated heterocycles. The van der Waals surface area contributed by atoms with Crippen LogP contribution in [0.1, 0.15) is 26.7 Å². The van der Waals surface area contributed by atoms with Gasteiger partial charge in [0.2, 0.25) is 5.91 Å². The number of nitrogens with zero attached hydrogens (tertiary/aromatic N) is 1. The van der Waals surface area contributed by atoms with Crippen LogP contribution in [-0.4, -0.2) is 51.8 Å². The first-order chi connectivity index (χ1) is 12.1. The van der Waals surface area contributed by atoms with Crippen LogP contribution in [0.4, 0.5) is 0 Å². The molecule has 0 aliphatic rings. The van der Waals surface area contributed by atoms with Gasteiger partial charge in [-0.1, -0.05) is 19.1 Å². The average molecular weight is 478 g/mol. The highest BCUT2D eigenvalue weighted by Crippen LogP contribution is 2.26. The number of carbonyl (C=O) groups excluding carboxylic acids is 1. The lowest BCUT2D eigenvalue weighted by Crippen LogP contribution is -2.43. The fourth-order valence-corrected chi connectivity index (χ4v) is 2.08. The number of amides is 1. The summed E-state index contributed by atoms with van der Waals surface area (Å²) in [5, 5.41) is 9.14. The van der Waals surface area contributed by atoms with Crippen molar-refractivity contribution in [2.75, 3.05) is 33.8 Å². The van der Waals surface area contributed by atoms with Crippen LogP contribution in [0.25, 0.3) is 0 Å². The van der Waals surface area contributed by atoms with Gasteiger partial charge in [-0.05, 0) is 25.5 Å². The summed E-state index contributed by atoms with van der Waals surface area (Å²) in [7, 11) is 3.31. The van der Waals surface area contributed by atoms with Crippen LogP contribution in [0.15, 0.2) is 29.3 Å². The molecule has 0 saturated carbocycles. The quantitative estimate of drug-likeness (QED) is 0.273. The van der Waals surface area contributed by atoms with Crippen molar-refractivity contribution in [3.63, 3.8) is 0 Å². The first-order valence-electron chi connectivity index (χ1n) is 8.61. The molecular formula is C18H31IN4O3. The Hall–Kier alpha value is -1.71. The lowest BCUT2D eigenvalue weighted by molar-refractivity contribution is -0.120. The maximum atomic E-state index is 11.6. The second-order valence-electron chi connectivity index (χ2n) is 5.56. The smallest absolute Gasteiger partial charge is 0.221 e. The van der Waals surface area contributed by atoms with Gasteiger partial charge in [0.15, 0.2) is 17.5 Å². The number of para-hydroxylation sites is 2. The number of rotatable bonds is 10. The Bertz CT molecular complexity index is 555. The van der Waals surface area contributed by atoms with E-state index >= 15 is 0 Å². The van der Waals surface area contributed by atoms with Crippen LogP contribution in [-0.2, 0) is 4.79 Å². The predicted octanol–water partition coefficient (Wildman–Crippen LogP) is 2.16. The predicted molar refractivity (Wildman–Crippen MR) is 116 cm³/mol. The Morgan fingerprint density at radius 1 is 1.15 bits per heavy atom. The standard InChI is InChI=1S/C18H30N4O3.HI/c1-5-11-20-17(23)10-12-21-18(19-3)22-13-14(2)25-16-9-7-6-8-15(16)24-4;/h6-9,14H,5,10-13H2,1-4H3,(H,20,23)(H2,19,21,22);1H. The molecule has 148 valence electrons. The summed E-state index contributed by atoms with van der Waals surface area (Å²) in [6.07, 6.45) is 1.27. The highest BCUT2D eigenvalue weighted by atomic mass is 127. The molecule has 0 aliphatic carbocycles. The van der Waals surface area contributed by atoms with Gasteiger partial charge in [0.1, 0.15) is 6.10 Å². The van der Waals surface area contributed by atoms with E-state index in [0.717, 1.165) is 6.42 Å². The molecule has 1 amide bonds. The molecule has 0 bridgehead atoms. The molecule has 1 unspecified atom stereocenters. The summed E-state index contributed by atoms with van der Waals surface area (Å²) in [5.74, 6) is 2.08. The van der Waals surface area contributed by atoms with Gasteiger partial charge >= 0.3 is 0 Å². The van der Waals surface area contributed by atoms with Gasteiger partial charge in [-0.15, -0.1) is 24.0 Å². The molecule has 7 nitrogen and oxygen atoms in total. The van der Waals surface area contributed by atoms with Crippen molar-refractivity contribution in [2.45, 2.75) is 32.8 Å². The van der Waals surface area contributed by atoms with Crippen LogP contribution in [0.3, 0.4) is 0 Å². The summed E-state index contributed by atoms with van der Waals surface area (Å²) in [6, 6.07) is 7.54. The number of hydrogen-bond acceptors (Lipinski definition) is 4. The van der Waals surface area contributed by atoms with Crippen molar-refractivity contribution >= 4 is 35.8 Å². The molecule has 0 aromatic heterocycles. The Kier molecular flexibility index (Phi) is 13.5. The molecule has 3 N–H and O–H groups in total. The van der Waals surface area contributed by atoms with E-state index in [0.29, 0.717) is 43.5 Å². The normalized spacial score (nSPS) is 11.8. The molecule has 1 rings (SSSR count). The van der Waals surface area contributed by atoms with Crippen LogP contribution in [0.2, 0.25) is 0 Å². The first-order valence-corrected chi connectivity index (χ1v) is 8.61. The Balaban J connectivity index is 0.00000625. The minimum Gasteiger partial charge on any atom is -0.493 e. The molecule has 0 fully saturated rings. The Labute approximate surface area is 173 Å². The lowest BCUT2D eigenvalue weighted by atomic mass is 10.3. The molecule has 0 heterocycles. The summed E-state index contributed by atoms with van der Waals surface area (Å²) in [5.41, 5.74) is 0. The Morgan fingerprint density at radius 2 is 1.85 bits per heavy atom. The number of aliphatic imine (C=N–C) groups is 1. The van der Waals surface area contributed by atoms with Crippen LogP contribution < -0.4 is 25.4 Å². The van der Waals surface area contributed by atoms with Crippen molar-refractivity contribution in [3.8, 4) is 11.5 Å². The zero-order valence-electron chi connectivity index (χ0n) is 16.0. The third kappa shape index (κ3) is 9.69. The first kappa shape index (κ1) is 24.3. The van der Waals surface area contributed by atoms with Crippen LogP contribution in [0.5, 0.6) is 11.5 Å². The van der Waals surface area contributed by atoms with Gasteiger partial charge in [-0.3, -0.25) is 9.79 Å². The number of carbonyl (C=O) groups is 1. The zero-order valence-corrected chi connectivity index (χ0v) is 18.3. The number of guanidine groups is 1. The van der Waals surface area contributed by atoms with E-state index in [-0.39, 0.29) is 36.0 Å². The Morgan fingerprint density at radius 3 is 2.46 bits per heavy atom. The SMILES string of the molecule is CCCNC(=O)CCNC(=NC)NCC(C)Oc1ccccc1OC.I. The van der Waals surface area contributed by atoms with Gasteiger partial charge in [0.05, 0.1) is 13.7 Å². The minimum absolute atomic E-state index is 0. The third-order valence-corrected chi connectivity index (χ3v) is 3.39. The number of benzene rings is 1. The topological polar surface area (TPSA) is 84.0 Å². The number of methoxy groups -OCH3 is 1. The highest BCUT2D eigenvalue weighted by Gasteiger charge is 2.09. The molecule has 0 radical (unpaired) electrons. The fraction of sp³-hybridized carbons (Fsp3) is 0.556. The van der Waals surface area contributed by atoms with Crippen molar-refractivity contribution in [1.82, 2.24) is 16.0 Å². The van der Waals surface area contributed by atoms with Crippen LogP contribution in [0, 0.1) is 0 Å². The van der Waals surface area contributed by atoms with Crippen molar-refractivity contribution < 1.29 is 14.3 Å². The average Bonchev–Trinajstić information content (AvgIpc) is 2.63. The summed E-state index contributed by atoms with van der Waals surface area (Å²) in [6.45, 7) is 5.80. The second-order valence-corrected chi connectivity index (χ2v) is 5.56. The number of hydrogen-bond donors (Lipinski definition) is 3. The fourth-order valence-electron chi connectivity index (χ4n) is 2.08. The molecule has 0 spiro atoms. The molecule has 26 heavy (non-hydrogen) atoms. The van der Waals surface area contributed by atoms with E-state index in [4.69, 9.17) is 9.47 Å². The number of nitrogens with one attached hydrogen (secondary N) is 3. The molecule has 1 atom stereocenters. The minimum atomic E-state index is -0.0808. The summed E-state index contributed by atoms with van der Waals surface area (Å²) >= 11 is 0.